The molecule has 11 heteroatoms. The van der Waals surface area contributed by atoms with E-state index in [-0.39, 0.29) is 6.10 Å². The Labute approximate surface area is 149 Å². The van der Waals surface area contributed by atoms with Crippen molar-refractivity contribution in [1.29, 1.82) is 0 Å². The molecule has 0 aliphatic heterocycles. The Bertz CT molecular complexity index is 553. The molecule has 0 amide bonds. The van der Waals surface area contributed by atoms with E-state index in [2.05, 4.69) is 33.7 Å². The predicted octanol–water partition coefficient (Wildman–Crippen LogP) is 2.01. The monoisotopic (exact) mass is 379 g/mol. The van der Waals surface area contributed by atoms with Gasteiger partial charge in [-0.1, -0.05) is 13.8 Å². The molecule has 1 heterocycles. The zero-order valence-electron chi connectivity index (χ0n) is 15.5. The normalized spacial score (nSPS) is 11.0. The number of rotatable bonds is 9. The molecule has 2 N–H and O–H groups in total. The summed E-state index contributed by atoms with van der Waals surface area (Å²) in [5.74, 6) is 1.30. The molecule has 0 bridgehead atoms. The van der Waals surface area contributed by atoms with E-state index in [1.165, 1.54) is 0 Å². The summed E-state index contributed by atoms with van der Waals surface area (Å²) in [5, 5.41) is 1.71. The summed E-state index contributed by atoms with van der Waals surface area (Å²) < 4.78 is 31.6. The first-order valence-corrected chi connectivity index (χ1v) is 9.60. The quantitative estimate of drug-likeness (QED) is 0.485. The first-order chi connectivity index (χ1) is 11.6. The molecule has 0 saturated heterocycles. The van der Waals surface area contributed by atoms with Crippen molar-refractivity contribution >= 4 is 22.3 Å². The first kappa shape index (κ1) is 23.4. The molecule has 0 saturated carbocycles. The van der Waals surface area contributed by atoms with E-state index < -0.39 is 10.4 Å². The van der Waals surface area contributed by atoms with Crippen LogP contribution in [0.2, 0.25) is 0 Å². The average molecular weight is 379 g/mol. The Morgan fingerprint density at radius 3 is 1.96 bits per heavy atom. The molecule has 0 radical (unpaired) electrons. The lowest BCUT2D eigenvalue weighted by Crippen LogP contribution is -2.31. The Hall–Kier alpha value is -1.56. The lowest BCUT2D eigenvalue weighted by molar-refractivity contribution is 0.0550. The van der Waals surface area contributed by atoms with Gasteiger partial charge in [-0.05, 0) is 33.6 Å². The van der Waals surface area contributed by atoms with Gasteiger partial charge in [0.05, 0.1) is 6.10 Å². The van der Waals surface area contributed by atoms with Crippen LogP contribution in [0.3, 0.4) is 0 Å². The smallest absolute Gasteiger partial charge is 0.341 e. The molecule has 0 fully saturated rings. The number of hydrogen-bond donors (Lipinski definition) is 2. The van der Waals surface area contributed by atoms with Crippen molar-refractivity contribution in [3.63, 3.8) is 0 Å². The predicted molar refractivity (Wildman–Crippen MR) is 96.0 cm³/mol. The maximum Gasteiger partial charge on any atom is 0.394 e. The maximum absolute atomic E-state index is 8.74. The molecule has 1 aromatic rings. The van der Waals surface area contributed by atoms with Gasteiger partial charge in [-0.15, -0.1) is 0 Å². The van der Waals surface area contributed by atoms with Crippen LogP contribution in [0.25, 0.3) is 0 Å². The summed E-state index contributed by atoms with van der Waals surface area (Å²) in [6, 6.07) is 0. The highest BCUT2D eigenvalue weighted by atomic mass is 32.3. The number of hydroxylamine groups is 1. The molecule has 1 aromatic heterocycles. The summed E-state index contributed by atoms with van der Waals surface area (Å²) in [7, 11) is -4.67. The van der Waals surface area contributed by atoms with Gasteiger partial charge in [0.1, 0.15) is 6.33 Å². The van der Waals surface area contributed by atoms with Crippen molar-refractivity contribution in [2.75, 3.05) is 29.6 Å². The maximum atomic E-state index is 8.74. The third-order valence-corrected chi connectivity index (χ3v) is 2.66. The second-order valence-electron chi connectivity index (χ2n) is 5.37. The minimum atomic E-state index is -4.67. The number of anilines is 2. The van der Waals surface area contributed by atoms with E-state index >= 15 is 0 Å². The van der Waals surface area contributed by atoms with Crippen LogP contribution < -0.4 is 9.96 Å². The van der Waals surface area contributed by atoms with Crippen molar-refractivity contribution in [1.82, 2.24) is 15.0 Å². The molecule has 0 aliphatic carbocycles. The van der Waals surface area contributed by atoms with Gasteiger partial charge >= 0.3 is 10.4 Å². The zero-order valence-corrected chi connectivity index (χ0v) is 16.3. The van der Waals surface area contributed by atoms with Crippen LogP contribution >= 0.6 is 0 Å². The third-order valence-electron chi connectivity index (χ3n) is 2.66. The summed E-state index contributed by atoms with van der Waals surface area (Å²) in [5.41, 5.74) is 0. The molecule has 146 valence electrons. The fourth-order valence-corrected chi connectivity index (χ4v) is 1.92. The summed E-state index contributed by atoms with van der Waals surface area (Å²) >= 11 is 0. The van der Waals surface area contributed by atoms with Gasteiger partial charge in [-0.3, -0.25) is 13.9 Å². The van der Waals surface area contributed by atoms with E-state index in [0.717, 1.165) is 31.9 Å². The van der Waals surface area contributed by atoms with Gasteiger partial charge in [0.25, 0.3) is 5.95 Å². The highest BCUT2D eigenvalue weighted by Crippen LogP contribution is 2.14. The van der Waals surface area contributed by atoms with Gasteiger partial charge < -0.3 is 4.90 Å². The van der Waals surface area contributed by atoms with Gasteiger partial charge in [0, 0.05) is 19.6 Å². The SMILES string of the molecule is CCCN(CCC)c1ncnc(N(CC)OC(C)C)n1.O=S(=O)(O)O. The molecular weight excluding hydrogens is 350 g/mol. The fraction of sp³-hybridized carbons (Fsp3) is 0.786. The van der Waals surface area contributed by atoms with Crippen molar-refractivity contribution in [3.05, 3.63) is 6.33 Å². The Balaban J connectivity index is 0.00000101. The van der Waals surface area contributed by atoms with Gasteiger partial charge in [-0.2, -0.15) is 18.4 Å². The lowest BCUT2D eigenvalue weighted by Gasteiger charge is -2.25. The summed E-state index contributed by atoms with van der Waals surface area (Å²) in [6.07, 6.45) is 3.79. The molecule has 0 unspecified atom stereocenters. The molecule has 0 aromatic carbocycles. The van der Waals surface area contributed by atoms with Crippen LogP contribution in [0.5, 0.6) is 0 Å². The third kappa shape index (κ3) is 11.6. The molecule has 10 nitrogen and oxygen atoms in total. The van der Waals surface area contributed by atoms with E-state index in [1.54, 1.807) is 11.4 Å². The second-order valence-corrected chi connectivity index (χ2v) is 6.26. The van der Waals surface area contributed by atoms with Crippen molar-refractivity contribution in [2.45, 2.75) is 53.6 Å². The standard InChI is InChI=1S/C14H27N5O.H2O4S/c1-6-9-18(10-7-2)13-15-11-16-14(17-13)19(8-3)20-12(4)5;1-5(2,3)4/h11-12H,6-10H2,1-5H3;(H2,1,2,3,4). The summed E-state index contributed by atoms with van der Waals surface area (Å²) in [4.78, 5) is 20.9. The van der Waals surface area contributed by atoms with Crippen LogP contribution in [-0.2, 0) is 15.2 Å². The Kier molecular flexibility index (Phi) is 11.2. The Morgan fingerprint density at radius 1 is 1.08 bits per heavy atom. The number of nitrogens with zero attached hydrogens (tertiary/aromatic N) is 5. The first-order valence-electron chi connectivity index (χ1n) is 8.20. The summed E-state index contributed by atoms with van der Waals surface area (Å²) in [6.45, 7) is 12.9. The molecule has 0 aliphatic rings. The van der Waals surface area contributed by atoms with E-state index in [4.69, 9.17) is 22.4 Å². The fourth-order valence-electron chi connectivity index (χ4n) is 1.92. The van der Waals surface area contributed by atoms with Crippen molar-refractivity contribution in [3.8, 4) is 0 Å². The average Bonchev–Trinajstić information content (AvgIpc) is 2.51. The highest BCUT2D eigenvalue weighted by molar-refractivity contribution is 7.79. The van der Waals surface area contributed by atoms with E-state index in [1.807, 2.05) is 20.8 Å². The molecule has 0 spiro atoms. The topological polar surface area (TPSA) is 129 Å². The molecule has 25 heavy (non-hydrogen) atoms. The minimum absolute atomic E-state index is 0.0950. The molecule has 0 atom stereocenters. The van der Waals surface area contributed by atoms with E-state index in [0.29, 0.717) is 12.5 Å². The van der Waals surface area contributed by atoms with E-state index in [9.17, 15) is 0 Å². The van der Waals surface area contributed by atoms with Crippen LogP contribution in [0.15, 0.2) is 6.33 Å². The minimum Gasteiger partial charge on any atom is -0.341 e. The van der Waals surface area contributed by atoms with Crippen molar-refractivity contribution in [2.24, 2.45) is 0 Å². The lowest BCUT2D eigenvalue weighted by atomic mass is 10.4. The largest absolute Gasteiger partial charge is 0.394 e. The van der Waals surface area contributed by atoms with Crippen LogP contribution in [0.4, 0.5) is 11.9 Å². The van der Waals surface area contributed by atoms with Gasteiger partial charge in [0.15, 0.2) is 0 Å². The van der Waals surface area contributed by atoms with Gasteiger partial charge in [-0.25, -0.2) is 10.0 Å². The van der Waals surface area contributed by atoms with Crippen LogP contribution in [0.1, 0.15) is 47.5 Å². The molecular formula is C14H29N5O5S. The molecule has 1 rings (SSSR count). The number of aromatic nitrogens is 3. The Morgan fingerprint density at radius 2 is 1.56 bits per heavy atom. The number of hydrogen-bond acceptors (Lipinski definition) is 8. The highest BCUT2D eigenvalue weighted by Gasteiger charge is 2.14. The van der Waals surface area contributed by atoms with Crippen LogP contribution in [-0.4, -0.2) is 58.2 Å². The van der Waals surface area contributed by atoms with Crippen molar-refractivity contribution < 1.29 is 22.4 Å². The van der Waals surface area contributed by atoms with Gasteiger partial charge in [0.2, 0.25) is 5.95 Å². The van der Waals surface area contributed by atoms with Crippen LogP contribution in [0, 0.1) is 0 Å². The second kappa shape index (κ2) is 11.9. The zero-order chi connectivity index (χ0) is 19.5.